The summed E-state index contributed by atoms with van der Waals surface area (Å²) in [6, 6.07) is 8.22. The molecule has 0 aromatic heterocycles. The number of nitrogens with one attached hydrogen (secondary N) is 1. The summed E-state index contributed by atoms with van der Waals surface area (Å²) < 4.78 is 18.1. The van der Waals surface area contributed by atoms with Gasteiger partial charge in [0.05, 0.1) is 18.5 Å². The Labute approximate surface area is 154 Å². The van der Waals surface area contributed by atoms with Crippen molar-refractivity contribution in [2.75, 3.05) is 7.11 Å². The lowest BCUT2D eigenvalue weighted by Crippen LogP contribution is -2.46. The van der Waals surface area contributed by atoms with E-state index in [1.165, 1.54) is 49.6 Å². The molecule has 3 N–H and O–H groups in total. The highest BCUT2D eigenvalue weighted by Crippen LogP contribution is 2.25. The van der Waals surface area contributed by atoms with Crippen LogP contribution in [0.1, 0.15) is 11.1 Å². The van der Waals surface area contributed by atoms with Gasteiger partial charge in [-0.1, -0.05) is 12.1 Å². The predicted molar refractivity (Wildman–Crippen MR) is 94.6 cm³/mol. The van der Waals surface area contributed by atoms with Crippen LogP contribution in [0.15, 0.2) is 42.5 Å². The molecular weight excluding hydrogens is 357 g/mol. The molecule has 0 aliphatic heterocycles. The fourth-order valence-corrected chi connectivity index (χ4v) is 2.51. The van der Waals surface area contributed by atoms with Gasteiger partial charge in [0, 0.05) is 24.1 Å². The highest BCUT2D eigenvalue weighted by molar-refractivity contribution is 5.87. The molecule has 0 aliphatic rings. The Bertz CT molecular complexity index is 855. The molecule has 0 heterocycles. The number of carbonyl (C=O) groups is 2. The molecule has 0 saturated carbocycles. The van der Waals surface area contributed by atoms with Gasteiger partial charge in [-0.05, 0) is 23.8 Å². The minimum atomic E-state index is -1.09. The van der Waals surface area contributed by atoms with Crippen molar-refractivity contribution in [3.05, 3.63) is 69.5 Å². The summed E-state index contributed by atoms with van der Waals surface area (Å²) >= 11 is 0. The van der Waals surface area contributed by atoms with Crippen LogP contribution in [0.5, 0.6) is 5.75 Å². The molecule has 27 heavy (non-hydrogen) atoms. The molecule has 0 radical (unpaired) electrons. The normalized spacial score (nSPS) is 11.5. The molecule has 0 bridgehead atoms. The van der Waals surface area contributed by atoms with Crippen molar-refractivity contribution in [1.29, 1.82) is 0 Å². The number of methoxy groups -OCH3 is 1. The van der Waals surface area contributed by atoms with Crippen LogP contribution in [0.3, 0.4) is 0 Å². The lowest BCUT2D eigenvalue weighted by Gasteiger charge is -2.17. The van der Waals surface area contributed by atoms with E-state index in [1.54, 1.807) is 0 Å². The summed E-state index contributed by atoms with van der Waals surface area (Å²) in [5.41, 5.74) is 6.10. The fourth-order valence-electron chi connectivity index (χ4n) is 2.51. The van der Waals surface area contributed by atoms with Crippen molar-refractivity contribution in [3.63, 3.8) is 0 Å². The summed E-state index contributed by atoms with van der Waals surface area (Å²) in [5, 5.41) is 13.4. The quantitative estimate of drug-likeness (QED) is 0.534. The highest BCUT2D eigenvalue weighted by Gasteiger charge is 2.22. The first-order valence-corrected chi connectivity index (χ1v) is 7.94. The molecule has 0 spiro atoms. The fraction of sp³-hybridized carbons (Fsp3) is 0.222. The van der Waals surface area contributed by atoms with Gasteiger partial charge < -0.3 is 15.8 Å². The highest BCUT2D eigenvalue weighted by atomic mass is 19.1. The first kappa shape index (κ1) is 19.8. The number of nitro benzene ring substituents is 1. The third kappa shape index (κ3) is 5.50. The van der Waals surface area contributed by atoms with Crippen LogP contribution in [-0.4, -0.2) is 29.9 Å². The van der Waals surface area contributed by atoms with Crippen LogP contribution in [0.4, 0.5) is 10.1 Å². The summed E-state index contributed by atoms with van der Waals surface area (Å²) in [5.74, 6) is -1.38. The number of nitro groups is 1. The van der Waals surface area contributed by atoms with Crippen LogP contribution in [0.25, 0.3) is 0 Å². The maximum Gasteiger partial charge on any atom is 0.269 e. The SMILES string of the molecule is COc1ccc([N+](=O)[O-])cc1C[C@H](NC(=O)Cc1ccc(F)cc1)C(N)=O. The number of primary amides is 1. The predicted octanol–water partition coefficient (Wildman–Crippen LogP) is 1.50. The molecule has 0 aliphatic carbocycles. The number of nitrogens with zero attached hydrogens (tertiary/aromatic N) is 1. The minimum Gasteiger partial charge on any atom is -0.496 e. The molecule has 2 aromatic carbocycles. The van der Waals surface area contributed by atoms with Crippen molar-refractivity contribution < 1.29 is 23.6 Å². The number of nitrogens with two attached hydrogens (primary N) is 1. The molecule has 0 unspecified atom stereocenters. The van der Waals surface area contributed by atoms with Crippen LogP contribution in [0, 0.1) is 15.9 Å². The summed E-state index contributed by atoms with van der Waals surface area (Å²) in [6.45, 7) is 0. The maximum absolute atomic E-state index is 12.9. The molecule has 142 valence electrons. The molecule has 8 nitrogen and oxygen atoms in total. The van der Waals surface area contributed by atoms with Crippen LogP contribution < -0.4 is 15.8 Å². The largest absolute Gasteiger partial charge is 0.496 e. The van der Waals surface area contributed by atoms with E-state index >= 15 is 0 Å². The minimum absolute atomic E-state index is 0.0733. The average Bonchev–Trinajstić information content (AvgIpc) is 2.62. The van der Waals surface area contributed by atoms with Gasteiger partial charge in [-0.3, -0.25) is 19.7 Å². The second-order valence-corrected chi connectivity index (χ2v) is 5.78. The van der Waals surface area contributed by atoms with Gasteiger partial charge in [-0.15, -0.1) is 0 Å². The van der Waals surface area contributed by atoms with Crippen molar-refractivity contribution in [1.82, 2.24) is 5.32 Å². The zero-order chi connectivity index (χ0) is 20.0. The number of non-ortho nitro benzene ring substituents is 1. The van der Waals surface area contributed by atoms with E-state index < -0.39 is 28.6 Å². The Morgan fingerprint density at radius 3 is 2.48 bits per heavy atom. The van der Waals surface area contributed by atoms with Crippen molar-refractivity contribution in [3.8, 4) is 5.75 Å². The number of hydrogen-bond donors (Lipinski definition) is 2. The number of hydrogen-bond acceptors (Lipinski definition) is 5. The Morgan fingerprint density at radius 2 is 1.93 bits per heavy atom. The molecule has 2 amide bonds. The standard InChI is InChI=1S/C18H18FN3O5/c1-27-16-7-6-14(22(25)26)9-12(16)10-15(18(20)24)21-17(23)8-11-2-4-13(19)5-3-11/h2-7,9,15H,8,10H2,1H3,(H2,20,24)(H,21,23)/t15-/m0/s1. The van der Waals surface area contributed by atoms with Crippen molar-refractivity contribution in [2.45, 2.75) is 18.9 Å². The monoisotopic (exact) mass is 375 g/mol. The zero-order valence-electron chi connectivity index (χ0n) is 14.5. The Kier molecular flexibility index (Phi) is 6.42. The zero-order valence-corrected chi connectivity index (χ0v) is 14.5. The number of benzene rings is 2. The summed E-state index contributed by atoms with van der Waals surface area (Å²) in [4.78, 5) is 34.3. The van der Waals surface area contributed by atoms with E-state index in [2.05, 4.69) is 5.32 Å². The smallest absolute Gasteiger partial charge is 0.269 e. The molecule has 2 aromatic rings. The maximum atomic E-state index is 12.9. The summed E-state index contributed by atoms with van der Waals surface area (Å²) in [7, 11) is 1.39. The number of rotatable bonds is 8. The van der Waals surface area contributed by atoms with E-state index in [-0.39, 0.29) is 18.5 Å². The van der Waals surface area contributed by atoms with Crippen LogP contribution in [0.2, 0.25) is 0 Å². The van der Waals surface area contributed by atoms with E-state index in [9.17, 15) is 24.1 Å². The number of halogens is 1. The first-order chi connectivity index (χ1) is 12.8. The number of ether oxygens (including phenoxy) is 1. The molecule has 9 heteroatoms. The Balaban J connectivity index is 2.14. The van der Waals surface area contributed by atoms with Gasteiger partial charge >= 0.3 is 0 Å². The number of carbonyl (C=O) groups excluding carboxylic acids is 2. The van der Waals surface area contributed by atoms with Crippen molar-refractivity contribution in [2.24, 2.45) is 5.73 Å². The number of amides is 2. The van der Waals surface area contributed by atoms with E-state index in [0.29, 0.717) is 16.9 Å². The summed E-state index contributed by atoms with van der Waals surface area (Å²) in [6.07, 6.45) is -0.147. The lowest BCUT2D eigenvalue weighted by atomic mass is 10.0. The molecular formula is C18H18FN3O5. The van der Waals surface area contributed by atoms with Crippen molar-refractivity contribution >= 4 is 17.5 Å². The lowest BCUT2D eigenvalue weighted by molar-refractivity contribution is -0.384. The third-order valence-corrected chi connectivity index (χ3v) is 3.86. The van der Waals surface area contributed by atoms with Gasteiger partial charge in [0.25, 0.3) is 5.69 Å². The van der Waals surface area contributed by atoms with Gasteiger partial charge in [-0.25, -0.2) is 4.39 Å². The Morgan fingerprint density at radius 1 is 1.26 bits per heavy atom. The van der Waals surface area contributed by atoms with E-state index in [4.69, 9.17) is 10.5 Å². The van der Waals surface area contributed by atoms with Crippen LogP contribution in [-0.2, 0) is 22.4 Å². The van der Waals surface area contributed by atoms with Gasteiger partial charge in [0.15, 0.2) is 0 Å². The van der Waals surface area contributed by atoms with Gasteiger partial charge in [0.2, 0.25) is 11.8 Å². The van der Waals surface area contributed by atoms with E-state index in [0.717, 1.165) is 0 Å². The first-order valence-electron chi connectivity index (χ1n) is 7.94. The molecule has 0 saturated heterocycles. The van der Waals surface area contributed by atoms with Gasteiger partial charge in [0.1, 0.15) is 17.6 Å². The topological polar surface area (TPSA) is 125 Å². The second-order valence-electron chi connectivity index (χ2n) is 5.78. The van der Waals surface area contributed by atoms with E-state index in [1.807, 2.05) is 0 Å². The Hall–Kier alpha value is -3.49. The van der Waals surface area contributed by atoms with Crippen LogP contribution >= 0.6 is 0 Å². The molecule has 0 fully saturated rings. The second kappa shape index (κ2) is 8.75. The average molecular weight is 375 g/mol. The molecule has 2 rings (SSSR count). The molecule has 1 atom stereocenters. The third-order valence-electron chi connectivity index (χ3n) is 3.86. The van der Waals surface area contributed by atoms with Gasteiger partial charge in [-0.2, -0.15) is 0 Å².